The van der Waals surface area contributed by atoms with Crippen molar-refractivity contribution in [2.24, 2.45) is 0 Å². The van der Waals surface area contributed by atoms with Gasteiger partial charge in [-0.05, 0) is 55.8 Å². The summed E-state index contributed by atoms with van der Waals surface area (Å²) in [6.45, 7) is 9.38. The number of pyridine rings is 2. The van der Waals surface area contributed by atoms with E-state index < -0.39 is 10.0 Å². The lowest BCUT2D eigenvalue weighted by atomic mass is 10.1. The summed E-state index contributed by atoms with van der Waals surface area (Å²) in [5.41, 5.74) is 12.4. The minimum atomic E-state index is -3.47. The highest BCUT2D eigenvalue weighted by molar-refractivity contribution is 7.92. The lowest BCUT2D eigenvalue weighted by molar-refractivity contribution is 0.0974. The number of fused-ring (bicyclic) bond motifs is 1. The van der Waals surface area contributed by atoms with E-state index >= 15 is 0 Å². The van der Waals surface area contributed by atoms with E-state index in [0.29, 0.717) is 31.3 Å². The second kappa shape index (κ2) is 11.1. The first kappa shape index (κ1) is 27.8. The number of piperazine rings is 1. The van der Waals surface area contributed by atoms with Crippen LogP contribution in [0.15, 0.2) is 97.0 Å². The Morgan fingerprint density at radius 3 is 2.31 bits per heavy atom. The molecule has 0 saturated carbocycles. The molecule has 42 heavy (non-hydrogen) atoms. The second-order valence-electron chi connectivity index (χ2n) is 10.7. The van der Waals surface area contributed by atoms with E-state index in [1.54, 1.807) is 10.5 Å². The number of anilines is 1. The molecule has 10 heteroatoms. The summed E-state index contributed by atoms with van der Waals surface area (Å²) in [5, 5.41) is 1.04. The van der Waals surface area contributed by atoms with Crippen molar-refractivity contribution in [3.63, 3.8) is 0 Å². The number of aromatic nitrogens is 4. The van der Waals surface area contributed by atoms with E-state index in [1.807, 2.05) is 73.0 Å². The van der Waals surface area contributed by atoms with Crippen molar-refractivity contribution in [2.75, 3.05) is 18.8 Å². The minimum absolute atomic E-state index is 0.147. The van der Waals surface area contributed by atoms with Gasteiger partial charge in [-0.1, -0.05) is 49.0 Å². The van der Waals surface area contributed by atoms with Gasteiger partial charge in [0.25, 0.3) is 0 Å². The molecule has 5 aromatic rings. The second-order valence-corrected chi connectivity index (χ2v) is 12.5. The lowest BCUT2D eigenvalue weighted by Gasteiger charge is -2.42. The Bertz CT molecular complexity index is 1840. The molecule has 9 nitrogen and oxygen atoms in total. The summed E-state index contributed by atoms with van der Waals surface area (Å²) in [6, 6.07) is 25.8. The average molecular weight is 580 g/mol. The SMILES string of the molecule is C=CS(=O)(=O)N1[C@H](C)CN(Cc2ccc(-n3c(-c4cccnc4N)nc4ccc(-c5ccccc5)nc43)cc2)C[C@@H]1C. The maximum absolute atomic E-state index is 12.5. The summed E-state index contributed by atoms with van der Waals surface area (Å²) < 4.78 is 28.6. The molecule has 1 aliphatic heterocycles. The molecule has 0 bridgehead atoms. The van der Waals surface area contributed by atoms with Crippen LogP contribution in [0.2, 0.25) is 0 Å². The van der Waals surface area contributed by atoms with Gasteiger partial charge in [-0.2, -0.15) is 4.31 Å². The quantitative estimate of drug-likeness (QED) is 0.286. The van der Waals surface area contributed by atoms with Gasteiger partial charge in [-0.3, -0.25) is 9.47 Å². The third-order valence-electron chi connectivity index (χ3n) is 7.67. The molecule has 2 atom stereocenters. The summed E-state index contributed by atoms with van der Waals surface area (Å²) in [6.07, 6.45) is 1.67. The topological polar surface area (TPSA) is 110 Å². The van der Waals surface area contributed by atoms with Crippen molar-refractivity contribution in [1.82, 2.24) is 28.7 Å². The van der Waals surface area contributed by atoms with Crippen LogP contribution in [0, 0.1) is 0 Å². The van der Waals surface area contributed by atoms with E-state index in [0.717, 1.165) is 44.6 Å². The molecule has 1 aliphatic rings. The average Bonchev–Trinajstić information content (AvgIpc) is 3.36. The zero-order valence-electron chi connectivity index (χ0n) is 23.6. The monoisotopic (exact) mass is 579 g/mol. The van der Waals surface area contributed by atoms with Gasteiger partial charge in [0.15, 0.2) is 11.5 Å². The molecule has 0 spiro atoms. The Kier molecular flexibility index (Phi) is 7.36. The molecular weight excluding hydrogens is 546 g/mol. The number of benzene rings is 2. The van der Waals surface area contributed by atoms with E-state index in [1.165, 1.54) is 0 Å². The summed E-state index contributed by atoms with van der Waals surface area (Å²) >= 11 is 0. The smallest absolute Gasteiger partial charge is 0.236 e. The molecule has 214 valence electrons. The van der Waals surface area contributed by atoms with Crippen LogP contribution in [-0.4, -0.2) is 62.3 Å². The van der Waals surface area contributed by atoms with Gasteiger partial charge in [0.2, 0.25) is 10.0 Å². The normalized spacial score (nSPS) is 18.3. The van der Waals surface area contributed by atoms with Gasteiger partial charge in [0.1, 0.15) is 11.3 Å². The number of nitrogen functional groups attached to an aromatic ring is 1. The Hall–Kier alpha value is -4.38. The number of nitrogens with zero attached hydrogens (tertiary/aromatic N) is 6. The Labute approximate surface area is 246 Å². The van der Waals surface area contributed by atoms with Crippen molar-refractivity contribution in [1.29, 1.82) is 0 Å². The van der Waals surface area contributed by atoms with Crippen molar-refractivity contribution in [2.45, 2.75) is 32.5 Å². The highest BCUT2D eigenvalue weighted by Crippen LogP contribution is 2.32. The van der Waals surface area contributed by atoms with Crippen LogP contribution in [0.1, 0.15) is 19.4 Å². The van der Waals surface area contributed by atoms with Gasteiger partial charge >= 0.3 is 0 Å². The summed E-state index contributed by atoms with van der Waals surface area (Å²) in [7, 11) is -3.47. The zero-order valence-corrected chi connectivity index (χ0v) is 24.4. The molecule has 2 aromatic carbocycles. The molecule has 6 rings (SSSR count). The predicted octanol–water partition coefficient (Wildman–Crippen LogP) is 5.10. The molecule has 0 amide bonds. The van der Waals surface area contributed by atoms with Crippen molar-refractivity contribution in [3.05, 3.63) is 103 Å². The fourth-order valence-corrected chi connectivity index (χ4v) is 7.21. The zero-order chi connectivity index (χ0) is 29.4. The summed E-state index contributed by atoms with van der Waals surface area (Å²) in [5.74, 6) is 1.07. The van der Waals surface area contributed by atoms with Crippen LogP contribution in [0.3, 0.4) is 0 Å². The van der Waals surface area contributed by atoms with E-state index in [4.69, 9.17) is 15.7 Å². The number of imidazole rings is 1. The molecule has 1 fully saturated rings. The first-order valence-corrected chi connectivity index (χ1v) is 15.4. The maximum Gasteiger partial charge on any atom is 0.236 e. The third kappa shape index (κ3) is 5.20. The van der Waals surface area contributed by atoms with Gasteiger partial charge in [0, 0.05) is 54.6 Å². The Morgan fingerprint density at radius 1 is 0.929 bits per heavy atom. The van der Waals surface area contributed by atoms with Crippen LogP contribution in [0.4, 0.5) is 5.82 Å². The molecule has 0 radical (unpaired) electrons. The molecular formula is C32H33N7O2S. The molecule has 0 unspecified atom stereocenters. The third-order valence-corrected chi connectivity index (χ3v) is 9.40. The highest BCUT2D eigenvalue weighted by atomic mass is 32.2. The predicted molar refractivity (Wildman–Crippen MR) is 167 cm³/mol. The fourth-order valence-electron chi connectivity index (χ4n) is 5.90. The Balaban J connectivity index is 1.35. The maximum atomic E-state index is 12.5. The van der Waals surface area contributed by atoms with Gasteiger partial charge in [-0.15, -0.1) is 0 Å². The number of rotatable bonds is 7. The first-order chi connectivity index (χ1) is 20.2. The molecule has 0 aliphatic carbocycles. The van der Waals surface area contributed by atoms with E-state index in [2.05, 4.69) is 40.7 Å². The first-order valence-electron chi connectivity index (χ1n) is 13.9. The molecule has 4 heterocycles. The van der Waals surface area contributed by atoms with E-state index in [-0.39, 0.29) is 12.1 Å². The minimum Gasteiger partial charge on any atom is -0.383 e. The van der Waals surface area contributed by atoms with Gasteiger partial charge < -0.3 is 5.73 Å². The largest absolute Gasteiger partial charge is 0.383 e. The summed E-state index contributed by atoms with van der Waals surface area (Å²) in [4.78, 5) is 16.6. The highest BCUT2D eigenvalue weighted by Gasteiger charge is 2.36. The lowest BCUT2D eigenvalue weighted by Crippen LogP contribution is -2.57. The van der Waals surface area contributed by atoms with Crippen LogP contribution in [-0.2, 0) is 16.6 Å². The van der Waals surface area contributed by atoms with Crippen molar-refractivity contribution in [3.8, 4) is 28.3 Å². The fraction of sp³-hybridized carbons (Fsp3) is 0.219. The number of hydrogen-bond acceptors (Lipinski definition) is 7. The number of nitrogens with two attached hydrogens (primary N) is 1. The van der Waals surface area contributed by atoms with Gasteiger partial charge in [0.05, 0.1) is 11.3 Å². The van der Waals surface area contributed by atoms with Crippen LogP contribution in [0.5, 0.6) is 0 Å². The van der Waals surface area contributed by atoms with Crippen LogP contribution < -0.4 is 5.73 Å². The van der Waals surface area contributed by atoms with Crippen LogP contribution in [0.25, 0.3) is 39.5 Å². The molecule has 2 N–H and O–H groups in total. The standard InChI is InChI=1S/C32H33N7O2S/c1-4-42(40,41)39-22(2)19-37(20-23(39)3)21-24-12-14-26(15-13-24)38-31(27-11-8-18-34-30(27)33)36-29-17-16-28(35-32(29)38)25-9-6-5-7-10-25/h4-18,22-23H,1,19-21H2,2-3H3,(H2,33,34)/t22-,23+. The number of hydrogen-bond donors (Lipinski definition) is 1. The van der Waals surface area contributed by atoms with Crippen molar-refractivity contribution < 1.29 is 8.42 Å². The van der Waals surface area contributed by atoms with Crippen molar-refractivity contribution >= 4 is 27.0 Å². The number of sulfonamides is 1. The Morgan fingerprint density at radius 2 is 1.64 bits per heavy atom. The molecule has 1 saturated heterocycles. The van der Waals surface area contributed by atoms with Gasteiger partial charge in [-0.25, -0.2) is 23.4 Å². The van der Waals surface area contributed by atoms with E-state index in [9.17, 15) is 8.42 Å². The van der Waals surface area contributed by atoms with Crippen LogP contribution >= 0.6 is 0 Å². The molecule has 3 aromatic heterocycles.